The SMILES string of the molecule is Cc1cc2cc(CN(CCN3CCOCC3)[C@@H](c3nnnn3C(C)(C)C)C(C)C)c(=O)[nH]c2cc1C. The zero-order chi connectivity index (χ0) is 26.0. The quantitative estimate of drug-likeness (QED) is 0.512. The predicted octanol–water partition coefficient (Wildman–Crippen LogP) is 3.42. The second-order valence-electron chi connectivity index (χ2n) is 11.4. The Morgan fingerprint density at radius 2 is 1.81 bits per heavy atom. The highest BCUT2D eigenvalue weighted by atomic mass is 16.5. The van der Waals surface area contributed by atoms with Crippen LogP contribution in [0.15, 0.2) is 23.0 Å². The maximum Gasteiger partial charge on any atom is 0.252 e. The molecule has 2 aromatic heterocycles. The van der Waals surface area contributed by atoms with Gasteiger partial charge < -0.3 is 9.72 Å². The number of aromatic nitrogens is 5. The van der Waals surface area contributed by atoms with Crippen molar-refractivity contribution in [3.8, 4) is 0 Å². The fraction of sp³-hybridized carbons (Fsp3) is 0.630. The van der Waals surface area contributed by atoms with Gasteiger partial charge in [0.05, 0.1) is 24.8 Å². The molecule has 0 spiro atoms. The van der Waals surface area contributed by atoms with Gasteiger partial charge in [-0.15, -0.1) is 5.10 Å². The molecule has 1 fully saturated rings. The van der Waals surface area contributed by atoms with Crippen molar-refractivity contribution in [3.05, 3.63) is 51.1 Å². The van der Waals surface area contributed by atoms with Gasteiger partial charge in [0.25, 0.3) is 5.56 Å². The van der Waals surface area contributed by atoms with E-state index in [-0.39, 0.29) is 23.1 Å². The third kappa shape index (κ3) is 5.85. The lowest BCUT2D eigenvalue weighted by Gasteiger charge is -2.37. The maximum atomic E-state index is 13.2. The number of hydrogen-bond acceptors (Lipinski definition) is 7. The number of aryl methyl sites for hydroxylation is 2. The molecule has 0 saturated carbocycles. The lowest BCUT2D eigenvalue weighted by Crippen LogP contribution is -2.44. The Morgan fingerprint density at radius 3 is 2.47 bits per heavy atom. The first-order chi connectivity index (χ1) is 17.0. The van der Waals surface area contributed by atoms with Gasteiger partial charge in [-0.05, 0) is 85.7 Å². The molecule has 1 aliphatic rings. The van der Waals surface area contributed by atoms with Crippen molar-refractivity contribution in [1.82, 2.24) is 35.0 Å². The number of aromatic amines is 1. The lowest BCUT2D eigenvalue weighted by molar-refractivity contribution is 0.0265. The summed E-state index contributed by atoms with van der Waals surface area (Å²) < 4.78 is 7.47. The number of benzene rings is 1. The highest BCUT2D eigenvalue weighted by Crippen LogP contribution is 2.31. The van der Waals surface area contributed by atoms with Crippen LogP contribution in [0.3, 0.4) is 0 Å². The average molecular weight is 496 g/mol. The van der Waals surface area contributed by atoms with E-state index in [0.717, 1.165) is 61.7 Å². The van der Waals surface area contributed by atoms with Gasteiger partial charge in [-0.2, -0.15) is 0 Å². The maximum absolute atomic E-state index is 13.2. The van der Waals surface area contributed by atoms with E-state index in [1.165, 1.54) is 11.1 Å². The first-order valence-corrected chi connectivity index (χ1v) is 13.0. The van der Waals surface area contributed by atoms with Crippen LogP contribution in [0.4, 0.5) is 0 Å². The fourth-order valence-corrected chi connectivity index (χ4v) is 5.01. The van der Waals surface area contributed by atoms with Crippen molar-refractivity contribution in [1.29, 1.82) is 0 Å². The van der Waals surface area contributed by atoms with Crippen LogP contribution in [-0.4, -0.2) is 74.4 Å². The first kappa shape index (κ1) is 26.4. The average Bonchev–Trinajstić information content (AvgIpc) is 3.30. The molecule has 0 aliphatic carbocycles. The van der Waals surface area contributed by atoms with Crippen LogP contribution in [0.5, 0.6) is 0 Å². The molecule has 36 heavy (non-hydrogen) atoms. The number of fused-ring (bicyclic) bond motifs is 1. The Hall–Kier alpha value is -2.62. The van der Waals surface area contributed by atoms with Gasteiger partial charge in [-0.3, -0.25) is 14.6 Å². The summed E-state index contributed by atoms with van der Waals surface area (Å²) in [7, 11) is 0. The highest BCUT2D eigenvalue weighted by Gasteiger charge is 2.33. The summed E-state index contributed by atoms with van der Waals surface area (Å²) in [6, 6.07) is 6.21. The molecule has 1 N–H and O–H groups in total. The van der Waals surface area contributed by atoms with Gasteiger partial charge in [-0.25, -0.2) is 4.68 Å². The van der Waals surface area contributed by atoms with E-state index >= 15 is 0 Å². The summed E-state index contributed by atoms with van der Waals surface area (Å²) in [6.07, 6.45) is 0. The van der Waals surface area contributed by atoms with E-state index < -0.39 is 0 Å². The molecule has 1 aliphatic heterocycles. The zero-order valence-corrected chi connectivity index (χ0v) is 22.8. The number of ether oxygens (including phenoxy) is 1. The molecule has 3 aromatic rings. The van der Waals surface area contributed by atoms with E-state index in [9.17, 15) is 4.79 Å². The number of pyridine rings is 1. The normalized spacial score (nSPS) is 16.4. The van der Waals surface area contributed by atoms with Crippen LogP contribution in [0.2, 0.25) is 0 Å². The Bertz CT molecular complexity index is 1240. The molecule has 0 unspecified atom stereocenters. The minimum Gasteiger partial charge on any atom is -0.379 e. The number of nitrogens with one attached hydrogen (secondary N) is 1. The number of nitrogens with zero attached hydrogens (tertiary/aromatic N) is 6. The van der Waals surface area contributed by atoms with Crippen LogP contribution in [0.1, 0.15) is 63.2 Å². The second-order valence-corrected chi connectivity index (χ2v) is 11.4. The van der Waals surface area contributed by atoms with Crippen LogP contribution in [0, 0.1) is 19.8 Å². The Balaban J connectivity index is 1.72. The number of rotatable bonds is 8. The van der Waals surface area contributed by atoms with Crippen LogP contribution in [0.25, 0.3) is 10.9 Å². The highest BCUT2D eigenvalue weighted by molar-refractivity contribution is 5.80. The predicted molar refractivity (Wildman–Crippen MR) is 142 cm³/mol. The van der Waals surface area contributed by atoms with E-state index in [0.29, 0.717) is 6.54 Å². The van der Waals surface area contributed by atoms with E-state index in [1.807, 2.05) is 10.7 Å². The molecular weight excluding hydrogens is 454 g/mol. The molecule has 0 bridgehead atoms. The molecule has 196 valence electrons. The Morgan fingerprint density at radius 1 is 1.11 bits per heavy atom. The largest absolute Gasteiger partial charge is 0.379 e. The van der Waals surface area contributed by atoms with Crippen LogP contribution >= 0.6 is 0 Å². The first-order valence-electron chi connectivity index (χ1n) is 13.0. The fourth-order valence-electron chi connectivity index (χ4n) is 5.01. The van der Waals surface area contributed by atoms with Crippen LogP contribution < -0.4 is 5.56 Å². The minimum atomic E-state index is -0.252. The van der Waals surface area contributed by atoms with Gasteiger partial charge in [0.1, 0.15) is 0 Å². The molecule has 0 radical (unpaired) electrons. The Kier molecular flexibility index (Phi) is 7.92. The number of H-pyrrole nitrogens is 1. The number of tetrazole rings is 1. The van der Waals surface area contributed by atoms with E-state index in [2.05, 4.69) is 90.9 Å². The summed E-state index contributed by atoms with van der Waals surface area (Å²) in [5.74, 6) is 1.08. The summed E-state index contributed by atoms with van der Waals surface area (Å²) >= 11 is 0. The van der Waals surface area contributed by atoms with E-state index in [4.69, 9.17) is 4.74 Å². The summed E-state index contributed by atoms with van der Waals surface area (Å²) in [6.45, 7) is 20.5. The van der Waals surface area contributed by atoms with Gasteiger partial charge in [-0.1, -0.05) is 13.8 Å². The third-order valence-electron chi connectivity index (χ3n) is 7.13. The summed E-state index contributed by atoms with van der Waals surface area (Å²) in [4.78, 5) is 21.2. The van der Waals surface area contributed by atoms with Crippen molar-refractivity contribution >= 4 is 10.9 Å². The Labute approximate surface area is 213 Å². The van der Waals surface area contributed by atoms with Gasteiger partial charge in [0.15, 0.2) is 5.82 Å². The molecule has 9 heteroatoms. The second kappa shape index (κ2) is 10.8. The molecule has 4 rings (SSSR count). The van der Waals surface area contributed by atoms with Gasteiger partial charge in [0, 0.05) is 43.8 Å². The third-order valence-corrected chi connectivity index (χ3v) is 7.13. The van der Waals surface area contributed by atoms with Crippen molar-refractivity contribution in [2.75, 3.05) is 39.4 Å². The van der Waals surface area contributed by atoms with Gasteiger partial charge >= 0.3 is 0 Å². The molecule has 3 heterocycles. The smallest absolute Gasteiger partial charge is 0.252 e. The molecule has 1 atom stereocenters. The molecule has 1 aromatic carbocycles. The number of morpholine rings is 1. The summed E-state index contributed by atoms with van der Waals surface area (Å²) in [5.41, 5.74) is 3.73. The van der Waals surface area contributed by atoms with E-state index in [1.54, 1.807) is 0 Å². The topological polar surface area (TPSA) is 92.2 Å². The molecular formula is C27H41N7O2. The van der Waals surface area contributed by atoms with Gasteiger partial charge in [0.2, 0.25) is 0 Å². The zero-order valence-electron chi connectivity index (χ0n) is 22.8. The lowest BCUT2D eigenvalue weighted by atomic mass is 9.98. The number of hydrogen-bond donors (Lipinski definition) is 1. The van der Waals surface area contributed by atoms with Crippen molar-refractivity contribution in [3.63, 3.8) is 0 Å². The monoisotopic (exact) mass is 495 g/mol. The van der Waals surface area contributed by atoms with Crippen LogP contribution in [-0.2, 0) is 16.8 Å². The van der Waals surface area contributed by atoms with Crippen molar-refractivity contribution < 1.29 is 4.74 Å². The van der Waals surface area contributed by atoms with Crippen molar-refractivity contribution in [2.45, 2.75) is 66.6 Å². The van der Waals surface area contributed by atoms with Crippen molar-refractivity contribution in [2.24, 2.45) is 5.92 Å². The molecule has 9 nitrogen and oxygen atoms in total. The minimum absolute atomic E-state index is 0.0416. The summed E-state index contributed by atoms with van der Waals surface area (Å²) in [5, 5.41) is 13.9. The molecule has 0 amide bonds. The standard InChI is InChI=1S/C27H41N7O2/c1-18(2)24(25-29-30-31-34(25)27(5,6)7)33(9-8-32-10-12-36-13-11-32)17-22-16-21-14-19(3)20(4)15-23(21)28-26(22)35/h14-16,18,24H,8-13,17H2,1-7H3,(H,28,35)/t24-/m1/s1. The molecule has 1 saturated heterocycles.